The van der Waals surface area contributed by atoms with Crippen molar-refractivity contribution in [3.8, 4) is 0 Å². The van der Waals surface area contributed by atoms with Crippen LogP contribution in [-0.2, 0) is 14.3 Å². The van der Waals surface area contributed by atoms with Gasteiger partial charge < -0.3 is 9.64 Å². The van der Waals surface area contributed by atoms with Crippen molar-refractivity contribution in [1.29, 1.82) is 0 Å². The van der Waals surface area contributed by atoms with Crippen LogP contribution in [-0.4, -0.2) is 42.9 Å². The minimum Gasteiger partial charge on any atom is -0.378 e. The number of carbonyl (C=O) groups excluding carboxylic acids is 2. The van der Waals surface area contributed by atoms with Crippen molar-refractivity contribution in [1.82, 2.24) is 4.90 Å². The Balaban J connectivity index is 1.86. The molecule has 1 aliphatic heterocycles. The van der Waals surface area contributed by atoms with Crippen molar-refractivity contribution in [3.63, 3.8) is 0 Å². The van der Waals surface area contributed by atoms with Crippen LogP contribution in [0.25, 0.3) is 0 Å². The van der Waals surface area contributed by atoms with Gasteiger partial charge in [0.15, 0.2) is 0 Å². The van der Waals surface area contributed by atoms with Gasteiger partial charge in [0.2, 0.25) is 5.91 Å². The molecule has 0 unspecified atom stereocenters. The van der Waals surface area contributed by atoms with Gasteiger partial charge in [0.1, 0.15) is 5.78 Å². The van der Waals surface area contributed by atoms with Gasteiger partial charge >= 0.3 is 0 Å². The second kappa shape index (κ2) is 16.0. The summed E-state index contributed by atoms with van der Waals surface area (Å²) in [5.74, 6) is 0.665. The minimum atomic E-state index is 0.288. The maximum atomic E-state index is 12.0. The summed E-state index contributed by atoms with van der Waals surface area (Å²) in [5, 5.41) is 0. The van der Waals surface area contributed by atoms with E-state index >= 15 is 0 Å². The lowest BCUT2D eigenvalue weighted by Crippen LogP contribution is -2.40. The molecule has 1 heterocycles. The molecule has 26 heavy (non-hydrogen) atoms. The van der Waals surface area contributed by atoms with Gasteiger partial charge in [0.05, 0.1) is 13.2 Å². The average Bonchev–Trinajstić information content (AvgIpc) is 2.67. The van der Waals surface area contributed by atoms with E-state index in [0.29, 0.717) is 31.8 Å². The fourth-order valence-electron chi connectivity index (χ4n) is 3.22. The van der Waals surface area contributed by atoms with Crippen molar-refractivity contribution < 1.29 is 14.3 Å². The van der Waals surface area contributed by atoms with Crippen LogP contribution in [0.5, 0.6) is 0 Å². The van der Waals surface area contributed by atoms with Crippen LogP contribution in [0.3, 0.4) is 0 Å². The van der Waals surface area contributed by atoms with Crippen LogP contribution < -0.4 is 0 Å². The van der Waals surface area contributed by atoms with Crippen LogP contribution >= 0.6 is 0 Å². The monoisotopic (exact) mass is 365 g/mol. The molecule has 1 amide bonds. The molecule has 0 bridgehead atoms. The standard InChI is InChI=1S/C22H39NO3/c1-2-3-4-11-14-21(24)15-12-9-7-5-6-8-10-13-16-22(25)23-17-19-26-20-18-23/h9,12H,2-8,10-11,13-20H2,1H3/b12-9-. The van der Waals surface area contributed by atoms with E-state index in [0.717, 1.165) is 45.2 Å². The van der Waals surface area contributed by atoms with Crippen molar-refractivity contribution in [2.75, 3.05) is 26.3 Å². The largest absolute Gasteiger partial charge is 0.378 e. The predicted molar refractivity (Wildman–Crippen MR) is 107 cm³/mol. The molecule has 1 fully saturated rings. The van der Waals surface area contributed by atoms with Crippen molar-refractivity contribution in [2.24, 2.45) is 0 Å². The van der Waals surface area contributed by atoms with Gasteiger partial charge in [-0.3, -0.25) is 9.59 Å². The first-order valence-electron chi connectivity index (χ1n) is 10.8. The van der Waals surface area contributed by atoms with Crippen molar-refractivity contribution in [2.45, 2.75) is 90.4 Å². The second-order valence-electron chi connectivity index (χ2n) is 7.32. The van der Waals surface area contributed by atoms with Crippen LogP contribution in [0.4, 0.5) is 0 Å². The summed E-state index contributed by atoms with van der Waals surface area (Å²) in [5.41, 5.74) is 0. The molecule has 0 aliphatic carbocycles. The van der Waals surface area contributed by atoms with Crippen LogP contribution in [0.1, 0.15) is 90.4 Å². The zero-order valence-corrected chi connectivity index (χ0v) is 16.8. The van der Waals surface area contributed by atoms with Gasteiger partial charge in [-0.05, 0) is 25.7 Å². The van der Waals surface area contributed by atoms with E-state index in [1.165, 1.54) is 38.5 Å². The molecule has 0 saturated carbocycles. The topological polar surface area (TPSA) is 46.6 Å². The number of allylic oxidation sites excluding steroid dienone is 2. The maximum absolute atomic E-state index is 12.0. The number of ketones is 1. The summed E-state index contributed by atoms with van der Waals surface area (Å²) in [4.78, 5) is 25.6. The number of hydrogen-bond acceptors (Lipinski definition) is 3. The third kappa shape index (κ3) is 12.2. The Labute approximate surface area is 160 Å². The SMILES string of the molecule is CCCCCCC(=O)C/C=C\CCCCCCCC(=O)N1CCOCC1. The normalized spacial score (nSPS) is 14.9. The third-order valence-corrected chi connectivity index (χ3v) is 4.95. The number of nitrogens with zero attached hydrogens (tertiary/aromatic N) is 1. The zero-order chi connectivity index (χ0) is 18.9. The first kappa shape index (κ1) is 22.9. The van der Waals surface area contributed by atoms with Crippen LogP contribution in [0.2, 0.25) is 0 Å². The predicted octanol–water partition coefficient (Wildman–Crippen LogP) is 5.06. The van der Waals surface area contributed by atoms with E-state index in [2.05, 4.69) is 13.0 Å². The quantitative estimate of drug-likeness (QED) is 0.301. The fourth-order valence-corrected chi connectivity index (χ4v) is 3.22. The molecule has 4 nitrogen and oxygen atoms in total. The number of unbranched alkanes of at least 4 members (excludes halogenated alkanes) is 8. The van der Waals surface area contributed by atoms with E-state index < -0.39 is 0 Å². The lowest BCUT2D eigenvalue weighted by molar-refractivity contribution is -0.135. The number of Topliss-reactive ketones (excluding diaryl/α,β-unsaturated/α-hetero) is 1. The molecule has 4 heteroatoms. The van der Waals surface area contributed by atoms with Crippen molar-refractivity contribution >= 4 is 11.7 Å². The smallest absolute Gasteiger partial charge is 0.222 e. The van der Waals surface area contributed by atoms with Crippen molar-refractivity contribution in [3.05, 3.63) is 12.2 Å². The lowest BCUT2D eigenvalue weighted by atomic mass is 10.1. The molecule has 150 valence electrons. The van der Waals surface area contributed by atoms with Gasteiger partial charge in [-0.1, -0.05) is 57.6 Å². The summed E-state index contributed by atoms with van der Waals surface area (Å²) in [6, 6.07) is 0. The molecule has 1 rings (SSSR count). The molecule has 0 radical (unpaired) electrons. The molecule has 0 atom stereocenters. The van der Waals surface area contributed by atoms with Gasteiger partial charge in [0, 0.05) is 32.4 Å². The molecule has 0 N–H and O–H groups in total. The first-order valence-corrected chi connectivity index (χ1v) is 10.8. The highest BCUT2D eigenvalue weighted by Gasteiger charge is 2.15. The Morgan fingerprint density at radius 2 is 1.50 bits per heavy atom. The Bertz CT molecular complexity index is 400. The van der Waals surface area contributed by atoms with E-state index in [1.807, 2.05) is 11.0 Å². The number of ether oxygens (including phenoxy) is 1. The highest BCUT2D eigenvalue weighted by atomic mass is 16.5. The van der Waals surface area contributed by atoms with E-state index in [4.69, 9.17) is 4.74 Å². The number of morpholine rings is 1. The highest BCUT2D eigenvalue weighted by molar-refractivity contribution is 5.79. The van der Waals surface area contributed by atoms with E-state index in [9.17, 15) is 9.59 Å². The van der Waals surface area contributed by atoms with Crippen LogP contribution in [0, 0.1) is 0 Å². The number of rotatable bonds is 15. The molecule has 0 aromatic carbocycles. The number of hydrogen-bond donors (Lipinski definition) is 0. The summed E-state index contributed by atoms with van der Waals surface area (Å²) in [6.07, 6.45) is 17.7. The third-order valence-electron chi connectivity index (χ3n) is 4.95. The van der Waals surface area contributed by atoms with E-state index in [-0.39, 0.29) is 5.91 Å². The Morgan fingerprint density at radius 3 is 2.27 bits per heavy atom. The summed E-state index contributed by atoms with van der Waals surface area (Å²) in [6.45, 7) is 5.07. The number of amides is 1. The fraction of sp³-hybridized carbons (Fsp3) is 0.818. The van der Waals surface area contributed by atoms with E-state index in [1.54, 1.807) is 0 Å². The van der Waals surface area contributed by atoms with Crippen LogP contribution in [0.15, 0.2) is 12.2 Å². The van der Waals surface area contributed by atoms with Gasteiger partial charge in [0.25, 0.3) is 0 Å². The Kier molecular flexibility index (Phi) is 14.1. The average molecular weight is 366 g/mol. The Morgan fingerprint density at radius 1 is 0.846 bits per heavy atom. The highest BCUT2D eigenvalue weighted by Crippen LogP contribution is 2.10. The maximum Gasteiger partial charge on any atom is 0.222 e. The molecular formula is C22H39NO3. The van der Waals surface area contributed by atoms with Gasteiger partial charge in [-0.15, -0.1) is 0 Å². The second-order valence-corrected chi connectivity index (χ2v) is 7.32. The zero-order valence-electron chi connectivity index (χ0n) is 16.8. The summed E-state index contributed by atoms with van der Waals surface area (Å²) >= 11 is 0. The molecule has 1 aliphatic rings. The van der Waals surface area contributed by atoms with Gasteiger partial charge in [-0.2, -0.15) is 0 Å². The summed E-state index contributed by atoms with van der Waals surface area (Å²) < 4.78 is 5.27. The number of carbonyl (C=O) groups is 2. The molecule has 1 saturated heterocycles. The molecule has 0 spiro atoms. The van der Waals surface area contributed by atoms with Gasteiger partial charge in [-0.25, -0.2) is 0 Å². The Hall–Kier alpha value is -1.16. The molecular weight excluding hydrogens is 326 g/mol. The summed E-state index contributed by atoms with van der Waals surface area (Å²) in [7, 11) is 0. The minimum absolute atomic E-state index is 0.288. The lowest BCUT2D eigenvalue weighted by Gasteiger charge is -2.26. The first-order chi connectivity index (χ1) is 12.7. The molecule has 0 aromatic rings. The molecule has 0 aromatic heterocycles.